The Balaban J connectivity index is 2.49. The fourth-order valence-corrected chi connectivity index (χ4v) is 1.64. The quantitative estimate of drug-likeness (QED) is 0.523. The van der Waals surface area contributed by atoms with Gasteiger partial charge in [-0.2, -0.15) is 13.2 Å². The highest BCUT2D eigenvalue weighted by molar-refractivity contribution is 8.00. The Morgan fingerprint density at radius 3 is 2.72 bits per heavy atom. The summed E-state index contributed by atoms with van der Waals surface area (Å²) in [7, 11) is 0. The summed E-state index contributed by atoms with van der Waals surface area (Å²) in [6.45, 7) is 1.35. The van der Waals surface area contributed by atoms with Crippen LogP contribution in [-0.2, 0) is 4.74 Å². The van der Waals surface area contributed by atoms with Crippen LogP contribution < -0.4 is 5.73 Å². The number of ether oxygens (including phenoxy) is 1. The Morgan fingerprint density at radius 1 is 1.44 bits per heavy atom. The van der Waals surface area contributed by atoms with Crippen molar-refractivity contribution in [2.45, 2.75) is 12.4 Å². The molecule has 0 radical (unpaired) electrons. The van der Waals surface area contributed by atoms with E-state index in [-0.39, 0.29) is 29.7 Å². The first-order valence-electron chi connectivity index (χ1n) is 5.04. The number of esters is 1. The van der Waals surface area contributed by atoms with E-state index in [1.807, 2.05) is 0 Å². The van der Waals surface area contributed by atoms with Crippen molar-refractivity contribution < 1.29 is 22.7 Å². The van der Waals surface area contributed by atoms with Gasteiger partial charge in [-0.05, 0) is 36.4 Å². The van der Waals surface area contributed by atoms with Crippen LogP contribution in [-0.4, -0.2) is 23.8 Å². The van der Waals surface area contributed by atoms with E-state index in [0.717, 1.165) is 0 Å². The number of halogens is 3. The van der Waals surface area contributed by atoms with E-state index >= 15 is 0 Å². The number of thioether (sulfide) groups is 1. The predicted octanol–water partition coefficient (Wildman–Crippen LogP) is 2.99. The first-order valence-corrected chi connectivity index (χ1v) is 6.02. The van der Waals surface area contributed by atoms with Crippen molar-refractivity contribution in [3.05, 3.63) is 29.3 Å². The summed E-state index contributed by atoms with van der Waals surface area (Å²) in [5, 5.41) is 0. The lowest BCUT2D eigenvalue weighted by molar-refractivity contribution is -0.0331. The summed E-state index contributed by atoms with van der Waals surface area (Å²) in [6.07, 6.45) is 0. The van der Waals surface area contributed by atoms with Gasteiger partial charge in [0.15, 0.2) is 0 Å². The fraction of sp³-hybridized carbons (Fsp3) is 0.364. The van der Waals surface area contributed by atoms with Gasteiger partial charge in [-0.1, -0.05) is 6.07 Å². The maximum atomic E-state index is 11.8. The van der Waals surface area contributed by atoms with Gasteiger partial charge in [-0.3, -0.25) is 0 Å². The molecule has 0 aliphatic rings. The summed E-state index contributed by atoms with van der Waals surface area (Å²) >= 11 is -0.224. The summed E-state index contributed by atoms with van der Waals surface area (Å²) in [5.74, 6) is -0.987. The molecule has 0 atom stereocenters. The molecule has 0 unspecified atom stereocenters. The molecule has 0 saturated carbocycles. The second-order valence-corrected chi connectivity index (χ2v) is 4.61. The topological polar surface area (TPSA) is 52.3 Å². The highest BCUT2D eigenvalue weighted by Crippen LogP contribution is 2.29. The maximum absolute atomic E-state index is 11.8. The van der Waals surface area contributed by atoms with Gasteiger partial charge < -0.3 is 10.5 Å². The van der Waals surface area contributed by atoms with E-state index in [9.17, 15) is 18.0 Å². The average molecular weight is 279 g/mol. The lowest BCUT2D eigenvalue weighted by atomic mass is 10.1. The van der Waals surface area contributed by atoms with E-state index in [0.29, 0.717) is 11.3 Å². The molecule has 0 saturated heterocycles. The largest absolute Gasteiger partial charge is 0.461 e. The molecule has 0 aliphatic carbocycles. The van der Waals surface area contributed by atoms with E-state index in [4.69, 9.17) is 10.5 Å². The molecule has 0 aromatic heterocycles. The van der Waals surface area contributed by atoms with Crippen LogP contribution in [0.4, 0.5) is 18.9 Å². The Hall–Kier alpha value is -1.37. The molecule has 1 aromatic carbocycles. The number of anilines is 1. The van der Waals surface area contributed by atoms with Gasteiger partial charge in [0.25, 0.3) is 0 Å². The van der Waals surface area contributed by atoms with E-state index < -0.39 is 11.5 Å². The van der Waals surface area contributed by atoms with Crippen molar-refractivity contribution in [3.63, 3.8) is 0 Å². The highest BCUT2D eigenvalue weighted by atomic mass is 32.2. The SMILES string of the molecule is Cc1c(N)cccc1C(=O)OCCSC(F)(F)F. The maximum Gasteiger partial charge on any atom is 0.441 e. The number of alkyl halides is 3. The first kappa shape index (κ1) is 14.7. The number of carbonyl (C=O) groups excluding carboxylic acids is 1. The summed E-state index contributed by atoms with van der Waals surface area (Å²) < 4.78 is 40.2. The fourth-order valence-electron chi connectivity index (χ4n) is 1.24. The van der Waals surface area contributed by atoms with Crippen LogP contribution in [0.25, 0.3) is 0 Å². The van der Waals surface area contributed by atoms with Gasteiger partial charge in [-0.25, -0.2) is 4.79 Å². The van der Waals surface area contributed by atoms with Crippen LogP contribution >= 0.6 is 11.8 Å². The Bertz CT molecular complexity index is 435. The molecule has 0 amide bonds. The molecule has 18 heavy (non-hydrogen) atoms. The van der Waals surface area contributed by atoms with Gasteiger partial charge in [0, 0.05) is 11.4 Å². The zero-order valence-electron chi connectivity index (χ0n) is 9.58. The molecule has 7 heteroatoms. The number of carbonyl (C=O) groups is 1. The number of hydrogen-bond acceptors (Lipinski definition) is 4. The minimum atomic E-state index is -4.31. The van der Waals surface area contributed by atoms with E-state index in [1.165, 1.54) is 6.07 Å². The van der Waals surface area contributed by atoms with Crippen molar-refractivity contribution in [3.8, 4) is 0 Å². The number of rotatable bonds is 4. The van der Waals surface area contributed by atoms with Gasteiger partial charge in [0.2, 0.25) is 0 Å². The third kappa shape index (κ3) is 4.48. The summed E-state index contributed by atoms with van der Waals surface area (Å²) in [5.41, 5.74) is 2.57. The number of nitrogens with two attached hydrogens (primary N) is 1. The molecule has 0 aliphatic heterocycles. The van der Waals surface area contributed by atoms with Gasteiger partial charge in [0.1, 0.15) is 6.61 Å². The normalized spacial score (nSPS) is 11.3. The molecule has 0 spiro atoms. The molecular weight excluding hydrogens is 267 g/mol. The molecule has 3 nitrogen and oxygen atoms in total. The first-order chi connectivity index (χ1) is 8.31. The van der Waals surface area contributed by atoms with Gasteiger partial charge >= 0.3 is 11.5 Å². The predicted molar refractivity (Wildman–Crippen MR) is 64.4 cm³/mol. The average Bonchev–Trinajstić information content (AvgIpc) is 2.26. The lowest BCUT2D eigenvalue weighted by Crippen LogP contribution is -2.12. The molecule has 0 fully saturated rings. The third-order valence-corrected chi connectivity index (χ3v) is 2.88. The van der Waals surface area contributed by atoms with Crippen LogP contribution in [0.15, 0.2) is 18.2 Å². The minimum Gasteiger partial charge on any atom is -0.461 e. The van der Waals surface area contributed by atoms with Crippen molar-refractivity contribution >= 4 is 23.4 Å². The monoisotopic (exact) mass is 279 g/mol. The summed E-state index contributed by atoms with van der Waals surface area (Å²) in [6, 6.07) is 4.74. The van der Waals surface area contributed by atoms with Crippen molar-refractivity contribution in [1.29, 1.82) is 0 Å². The van der Waals surface area contributed by atoms with Crippen LogP contribution in [0.3, 0.4) is 0 Å². The molecule has 1 aromatic rings. The molecule has 0 heterocycles. The van der Waals surface area contributed by atoms with Crippen LogP contribution in [0.1, 0.15) is 15.9 Å². The minimum absolute atomic E-state index is 0.224. The van der Waals surface area contributed by atoms with Crippen molar-refractivity contribution in [2.75, 3.05) is 18.1 Å². The molecule has 2 N–H and O–H groups in total. The van der Waals surface area contributed by atoms with Gasteiger partial charge in [-0.15, -0.1) is 0 Å². The van der Waals surface area contributed by atoms with Gasteiger partial charge in [0.05, 0.1) is 5.56 Å². The van der Waals surface area contributed by atoms with Crippen molar-refractivity contribution in [1.82, 2.24) is 0 Å². The Labute approximate surface area is 106 Å². The number of benzene rings is 1. The van der Waals surface area contributed by atoms with Crippen LogP contribution in [0.5, 0.6) is 0 Å². The standard InChI is InChI=1S/C11H12F3NO2S/c1-7-8(3-2-4-9(7)15)10(16)17-5-6-18-11(12,13)14/h2-4H,5-6,15H2,1H3. The molecule has 0 bridgehead atoms. The van der Waals surface area contributed by atoms with Crippen molar-refractivity contribution in [2.24, 2.45) is 0 Å². The Kier molecular flexibility index (Phi) is 4.89. The second-order valence-electron chi connectivity index (χ2n) is 3.45. The number of hydrogen-bond donors (Lipinski definition) is 1. The third-order valence-electron chi connectivity index (χ3n) is 2.18. The molecule has 100 valence electrons. The summed E-state index contributed by atoms with van der Waals surface area (Å²) in [4.78, 5) is 11.6. The second kappa shape index (κ2) is 5.99. The van der Waals surface area contributed by atoms with E-state index in [1.54, 1.807) is 19.1 Å². The lowest BCUT2D eigenvalue weighted by Gasteiger charge is -2.09. The molecular formula is C11H12F3NO2S. The zero-order valence-corrected chi connectivity index (χ0v) is 10.4. The number of nitrogen functional groups attached to an aromatic ring is 1. The van der Waals surface area contributed by atoms with Crippen LogP contribution in [0.2, 0.25) is 0 Å². The Morgan fingerprint density at radius 2 is 2.11 bits per heavy atom. The highest BCUT2D eigenvalue weighted by Gasteiger charge is 2.27. The zero-order chi connectivity index (χ0) is 13.8. The smallest absolute Gasteiger partial charge is 0.441 e. The molecule has 1 rings (SSSR count). The van der Waals surface area contributed by atoms with Crippen LogP contribution in [0, 0.1) is 6.92 Å². The van der Waals surface area contributed by atoms with E-state index in [2.05, 4.69) is 0 Å².